The minimum atomic E-state index is -0.677. The Labute approximate surface area is 130 Å². The van der Waals surface area contributed by atoms with Crippen LogP contribution in [0.25, 0.3) is 0 Å². The van der Waals surface area contributed by atoms with Crippen LogP contribution < -0.4 is 10.6 Å². The quantitative estimate of drug-likeness (QED) is 0.783. The van der Waals surface area contributed by atoms with E-state index >= 15 is 0 Å². The van der Waals surface area contributed by atoms with Crippen molar-refractivity contribution >= 4 is 11.8 Å². The Balaban J connectivity index is 1.72. The number of aromatic nitrogens is 2. The molecular weight excluding hydrogens is 282 g/mol. The first kappa shape index (κ1) is 15.0. The smallest absolute Gasteiger partial charge is 0.250 e. The molecule has 1 aromatic heterocycles. The molecule has 0 unspecified atom stereocenters. The molecule has 1 saturated heterocycles. The number of piperidine rings is 1. The van der Waals surface area contributed by atoms with Crippen molar-refractivity contribution in [1.29, 1.82) is 0 Å². The highest BCUT2D eigenvalue weighted by molar-refractivity contribution is 5.89. The van der Waals surface area contributed by atoms with Crippen molar-refractivity contribution in [2.45, 2.75) is 37.3 Å². The molecule has 1 aromatic rings. The zero-order valence-electron chi connectivity index (χ0n) is 12.9. The summed E-state index contributed by atoms with van der Waals surface area (Å²) in [5.74, 6) is -0.119. The molecule has 2 aliphatic rings. The number of carbonyl (C=O) groups is 2. The van der Waals surface area contributed by atoms with Gasteiger partial charge in [0.1, 0.15) is 5.54 Å². The normalized spacial score (nSPS) is 20.4. The van der Waals surface area contributed by atoms with Gasteiger partial charge in [0.25, 0.3) is 5.91 Å². The highest BCUT2D eigenvalue weighted by Crippen LogP contribution is 2.29. The summed E-state index contributed by atoms with van der Waals surface area (Å²) in [4.78, 5) is 26.5. The Morgan fingerprint density at radius 3 is 2.73 bits per heavy atom. The maximum absolute atomic E-state index is 13.0. The number of amides is 2. The van der Waals surface area contributed by atoms with Gasteiger partial charge >= 0.3 is 0 Å². The van der Waals surface area contributed by atoms with Gasteiger partial charge in [-0.05, 0) is 44.8 Å². The van der Waals surface area contributed by atoms with Crippen LogP contribution >= 0.6 is 0 Å². The zero-order chi connectivity index (χ0) is 15.6. The van der Waals surface area contributed by atoms with Crippen LogP contribution in [-0.2, 0) is 15.1 Å². The molecule has 0 bridgehead atoms. The Kier molecular flexibility index (Phi) is 4.15. The van der Waals surface area contributed by atoms with Gasteiger partial charge in [-0.25, -0.2) is 0 Å². The van der Waals surface area contributed by atoms with E-state index in [0.29, 0.717) is 18.9 Å². The Bertz CT molecular complexity index is 532. The molecule has 2 heterocycles. The van der Waals surface area contributed by atoms with E-state index in [1.807, 2.05) is 12.3 Å². The predicted molar refractivity (Wildman–Crippen MR) is 81.1 cm³/mol. The fourth-order valence-electron chi connectivity index (χ4n) is 3.05. The second-order valence-electron chi connectivity index (χ2n) is 6.24. The van der Waals surface area contributed by atoms with E-state index in [4.69, 9.17) is 0 Å². The van der Waals surface area contributed by atoms with Crippen molar-refractivity contribution in [1.82, 2.24) is 25.3 Å². The summed E-state index contributed by atoms with van der Waals surface area (Å²) in [5, 5.41) is 10.5. The standard InChI is InChI=1S/C15H23N5O2/c1-19(11-13(21)18-12-3-4-12)14(22)15(5-8-16-9-6-15)20-10-2-7-17-20/h2,7,10,12,16H,3-6,8-9,11H2,1H3,(H,18,21). The van der Waals surface area contributed by atoms with E-state index in [1.165, 1.54) is 4.90 Å². The summed E-state index contributed by atoms with van der Waals surface area (Å²) < 4.78 is 1.76. The molecule has 2 N–H and O–H groups in total. The van der Waals surface area contributed by atoms with Gasteiger partial charge in [-0.3, -0.25) is 14.3 Å². The van der Waals surface area contributed by atoms with Gasteiger partial charge < -0.3 is 15.5 Å². The van der Waals surface area contributed by atoms with Crippen molar-refractivity contribution in [3.63, 3.8) is 0 Å². The molecule has 120 valence electrons. The van der Waals surface area contributed by atoms with Gasteiger partial charge in [0.15, 0.2) is 0 Å². The van der Waals surface area contributed by atoms with Crippen molar-refractivity contribution in [2.24, 2.45) is 0 Å². The van der Waals surface area contributed by atoms with Gasteiger partial charge in [-0.2, -0.15) is 5.10 Å². The SMILES string of the molecule is CN(CC(=O)NC1CC1)C(=O)C1(n2cccn2)CCNCC1. The molecule has 0 radical (unpaired) electrons. The van der Waals surface area contributed by atoms with E-state index in [9.17, 15) is 9.59 Å². The van der Waals surface area contributed by atoms with Gasteiger partial charge in [0, 0.05) is 25.5 Å². The number of likely N-dealkylation sites (N-methyl/N-ethyl adjacent to an activating group) is 1. The van der Waals surface area contributed by atoms with E-state index in [2.05, 4.69) is 15.7 Å². The van der Waals surface area contributed by atoms with E-state index < -0.39 is 5.54 Å². The summed E-state index contributed by atoms with van der Waals surface area (Å²) in [5.41, 5.74) is -0.677. The molecule has 0 aromatic carbocycles. The van der Waals surface area contributed by atoms with Crippen LogP contribution in [0.2, 0.25) is 0 Å². The molecule has 22 heavy (non-hydrogen) atoms. The molecule has 0 atom stereocenters. The largest absolute Gasteiger partial charge is 0.352 e. The average Bonchev–Trinajstić information content (AvgIpc) is 3.16. The summed E-state index contributed by atoms with van der Waals surface area (Å²) in [6.07, 6.45) is 6.99. The number of rotatable bonds is 5. The zero-order valence-corrected chi connectivity index (χ0v) is 12.9. The van der Waals surface area contributed by atoms with Crippen molar-refractivity contribution < 1.29 is 9.59 Å². The molecular formula is C15H23N5O2. The first-order valence-corrected chi connectivity index (χ1v) is 7.87. The maximum atomic E-state index is 13.0. The number of carbonyl (C=O) groups excluding carboxylic acids is 2. The number of hydrogen-bond acceptors (Lipinski definition) is 4. The van der Waals surface area contributed by atoms with Crippen LogP contribution in [0.5, 0.6) is 0 Å². The van der Waals surface area contributed by atoms with Gasteiger partial charge in [0.05, 0.1) is 6.54 Å². The topological polar surface area (TPSA) is 79.3 Å². The third kappa shape index (κ3) is 2.99. The predicted octanol–water partition coefficient (Wildman–Crippen LogP) is -0.301. The van der Waals surface area contributed by atoms with E-state index in [1.54, 1.807) is 17.9 Å². The van der Waals surface area contributed by atoms with Crippen LogP contribution in [0.4, 0.5) is 0 Å². The molecule has 0 spiro atoms. The van der Waals surface area contributed by atoms with Crippen LogP contribution in [0, 0.1) is 0 Å². The highest BCUT2D eigenvalue weighted by atomic mass is 16.2. The minimum Gasteiger partial charge on any atom is -0.352 e. The number of nitrogens with zero attached hydrogens (tertiary/aromatic N) is 3. The molecule has 2 amide bonds. The minimum absolute atomic E-state index is 0.0383. The van der Waals surface area contributed by atoms with Crippen LogP contribution in [-0.4, -0.2) is 59.2 Å². The maximum Gasteiger partial charge on any atom is 0.250 e. The highest BCUT2D eigenvalue weighted by Gasteiger charge is 2.44. The summed E-state index contributed by atoms with van der Waals surface area (Å²) in [6, 6.07) is 2.15. The second-order valence-corrected chi connectivity index (χ2v) is 6.24. The third-order valence-corrected chi connectivity index (χ3v) is 4.44. The van der Waals surface area contributed by atoms with Crippen molar-refractivity contribution in [2.75, 3.05) is 26.7 Å². The van der Waals surface area contributed by atoms with E-state index in [0.717, 1.165) is 25.9 Å². The van der Waals surface area contributed by atoms with Crippen LogP contribution in [0.3, 0.4) is 0 Å². The van der Waals surface area contributed by atoms with Crippen molar-refractivity contribution in [3.8, 4) is 0 Å². The summed E-state index contributed by atoms with van der Waals surface area (Å²) in [6.45, 7) is 1.65. The summed E-state index contributed by atoms with van der Waals surface area (Å²) in [7, 11) is 1.70. The van der Waals surface area contributed by atoms with Crippen LogP contribution in [0.15, 0.2) is 18.5 Å². The number of nitrogens with one attached hydrogen (secondary N) is 2. The lowest BCUT2D eigenvalue weighted by molar-refractivity contribution is -0.144. The van der Waals surface area contributed by atoms with Gasteiger partial charge in [-0.1, -0.05) is 0 Å². The first-order valence-electron chi connectivity index (χ1n) is 7.87. The Morgan fingerprint density at radius 2 is 2.14 bits per heavy atom. The lowest BCUT2D eigenvalue weighted by Gasteiger charge is -2.39. The molecule has 2 fully saturated rings. The second kappa shape index (κ2) is 6.08. The molecule has 1 aliphatic carbocycles. The summed E-state index contributed by atoms with van der Waals surface area (Å²) >= 11 is 0. The lowest BCUT2D eigenvalue weighted by Crippen LogP contribution is -2.56. The van der Waals surface area contributed by atoms with Crippen molar-refractivity contribution in [3.05, 3.63) is 18.5 Å². The average molecular weight is 305 g/mol. The molecule has 3 rings (SSSR count). The van der Waals surface area contributed by atoms with Gasteiger partial charge in [0.2, 0.25) is 5.91 Å². The number of hydrogen-bond donors (Lipinski definition) is 2. The lowest BCUT2D eigenvalue weighted by atomic mass is 9.87. The molecule has 1 aliphatic heterocycles. The fourth-order valence-corrected chi connectivity index (χ4v) is 3.05. The van der Waals surface area contributed by atoms with Gasteiger partial charge in [-0.15, -0.1) is 0 Å². The third-order valence-electron chi connectivity index (χ3n) is 4.44. The Morgan fingerprint density at radius 1 is 1.41 bits per heavy atom. The fraction of sp³-hybridized carbons (Fsp3) is 0.667. The monoisotopic (exact) mass is 305 g/mol. The molecule has 7 heteroatoms. The van der Waals surface area contributed by atoms with Crippen LogP contribution in [0.1, 0.15) is 25.7 Å². The van der Waals surface area contributed by atoms with E-state index in [-0.39, 0.29) is 18.4 Å². The molecule has 7 nitrogen and oxygen atoms in total. The Hall–Kier alpha value is -1.89. The molecule has 1 saturated carbocycles. The first-order chi connectivity index (χ1) is 10.6.